The Hall–Kier alpha value is -0.390. The number of nitrogens with one attached hydrogen (secondary N) is 1. The van der Waals surface area contributed by atoms with E-state index in [1.807, 2.05) is 18.8 Å². The highest BCUT2D eigenvalue weighted by Crippen LogP contribution is 2.22. The van der Waals surface area contributed by atoms with Gasteiger partial charge in [0, 0.05) is 26.6 Å². The molecule has 1 rings (SSSR count). The number of hydrogen-bond acceptors (Lipinski definition) is 3. The van der Waals surface area contributed by atoms with Crippen LogP contribution in [0, 0.1) is 0 Å². The third kappa shape index (κ3) is 3.06. The van der Waals surface area contributed by atoms with Crippen LogP contribution in [0.25, 0.3) is 0 Å². The van der Waals surface area contributed by atoms with Crippen molar-refractivity contribution in [2.24, 2.45) is 7.05 Å². The lowest BCUT2D eigenvalue weighted by molar-refractivity contribution is 0.168. The summed E-state index contributed by atoms with van der Waals surface area (Å²) in [5, 5.41) is 7.72. The van der Waals surface area contributed by atoms with Crippen LogP contribution in [-0.4, -0.2) is 36.6 Å². The molecule has 0 aliphatic heterocycles. The molecule has 0 saturated carbocycles. The lowest BCUT2D eigenvalue weighted by Gasteiger charge is -2.15. The van der Waals surface area contributed by atoms with E-state index in [-0.39, 0.29) is 0 Å². The Morgan fingerprint density at radius 3 is 2.69 bits per heavy atom. The fourth-order valence-corrected chi connectivity index (χ4v) is 2.50. The Morgan fingerprint density at radius 1 is 1.56 bits per heavy atom. The van der Waals surface area contributed by atoms with Crippen LogP contribution < -0.4 is 5.32 Å². The largest absolute Gasteiger partial charge is 0.383 e. The van der Waals surface area contributed by atoms with E-state index >= 15 is 0 Å². The first-order valence-electron chi connectivity index (χ1n) is 5.50. The topological polar surface area (TPSA) is 39.1 Å². The molecule has 0 aliphatic rings. The van der Waals surface area contributed by atoms with Crippen LogP contribution in [0.3, 0.4) is 0 Å². The van der Waals surface area contributed by atoms with Crippen LogP contribution in [0.2, 0.25) is 0 Å². The smallest absolute Gasteiger partial charge is 0.0766 e. The van der Waals surface area contributed by atoms with Crippen molar-refractivity contribution in [1.29, 1.82) is 0 Å². The molecule has 92 valence electrons. The van der Waals surface area contributed by atoms with Gasteiger partial charge in [-0.15, -0.1) is 0 Å². The molecule has 0 saturated heterocycles. The van der Waals surface area contributed by atoms with E-state index in [4.69, 9.17) is 4.74 Å². The summed E-state index contributed by atoms with van der Waals surface area (Å²) in [5.74, 6) is 0. The zero-order valence-corrected chi connectivity index (χ0v) is 12.0. The second kappa shape index (κ2) is 6.37. The Morgan fingerprint density at radius 2 is 2.25 bits per heavy atom. The van der Waals surface area contributed by atoms with Crippen LogP contribution in [-0.2, 0) is 24.6 Å². The third-order valence-corrected chi connectivity index (χ3v) is 3.63. The van der Waals surface area contributed by atoms with Crippen molar-refractivity contribution >= 4 is 15.9 Å². The summed E-state index contributed by atoms with van der Waals surface area (Å²) in [4.78, 5) is 0. The quantitative estimate of drug-likeness (QED) is 0.863. The Kier molecular flexibility index (Phi) is 5.44. The van der Waals surface area contributed by atoms with Crippen LogP contribution in [0.4, 0.5) is 0 Å². The van der Waals surface area contributed by atoms with Crippen molar-refractivity contribution < 1.29 is 4.74 Å². The van der Waals surface area contributed by atoms with E-state index < -0.39 is 0 Å². The summed E-state index contributed by atoms with van der Waals surface area (Å²) < 4.78 is 8.25. The number of methoxy groups -OCH3 is 1. The van der Waals surface area contributed by atoms with Crippen molar-refractivity contribution in [3.8, 4) is 0 Å². The minimum absolute atomic E-state index is 0.321. The van der Waals surface area contributed by atoms with Crippen molar-refractivity contribution in [2.45, 2.75) is 25.8 Å². The summed E-state index contributed by atoms with van der Waals surface area (Å²) in [7, 11) is 5.66. The zero-order valence-electron chi connectivity index (χ0n) is 10.4. The first-order chi connectivity index (χ1) is 7.63. The molecule has 1 aromatic rings. The maximum absolute atomic E-state index is 5.17. The first kappa shape index (κ1) is 13.7. The lowest BCUT2D eigenvalue weighted by atomic mass is 10.1. The van der Waals surface area contributed by atoms with E-state index in [1.54, 1.807) is 7.11 Å². The third-order valence-electron chi connectivity index (χ3n) is 2.72. The van der Waals surface area contributed by atoms with Gasteiger partial charge in [0.25, 0.3) is 0 Å². The highest BCUT2D eigenvalue weighted by molar-refractivity contribution is 9.10. The minimum Gasteiger partial charge on any atom is -0.383 e. The van der Waals surface area contributed by atoms with Gasteiger partial charge >= 0.3 is 0 Å². The Balaban J connectivity index is 2.82. The summed E-state index contributed by atoms with van der Waals surface area (Å²) >= 11 is 3.62. The van der Waals surface area contributed by atoms with E-state index in [9.17, 15) is 0 Å². The summed E-state index contributed by atoms with van der Waals surface area (Å²) in [5.41, 5.74) is 2.33. The normalized spacial score (nSPS) is 13.1. The van der Waals surface area contributed by atoms with Gasteiger partial charge in [-0.3, -0.25) is 4.68 Å². The predicted molar refractivity (Wildman–Crippen MR) is 68.7 cm³/mol. The molecular formula is C11H20BrN3O. The lowest BCUT2D eigenvalue weighted by Crippen LogP contribution is -2.32. The second-order valence-corrected chi connectivity index (χ2v) is 4.62. The fourth-order valence-electron chi connectivity index (χ4n) is 1.72. The number of likely N-dealkylation sites (N-methyl/N-ethyl adjacent to an activating group) is 1. The van der Waals surface area contributed by atoms with E-state index in [0.717, 1.165) is 23.0 Å². The number of aryl methyl sites for hydroxylation is 2. The molecule has 0 spiro atoms. The molecule has 0 bridgehead atoms. The summed E-state index contributed by atoms with van der Waals surface area (Å²) in [6, 6.07) is 0.321. The average Bonchev–Trinajstić information content (AvgIpc) is 2.55. The summed E-state index contributed by atoms with van der Waals surface area (Å²) in [6.07, 6.45) is 1.86. The van der Waals surface area contributed by atoms with Gasteiger partial charge in [0.2, 0.25) is 0 Å². The van der Waals surface area contributed by atoms with E-state index in [2.05, 4.69) is 33.3 Å². The molecule has 1 unspecified atom stereocenters. The summed E-state index contributed by atoms with van der Waals surface area (Å²) in [6.45, 7) is 2.82. The Bertz CT molecular complexity index is 338. The molecule has 1 aromatic heterocycles. The van der Waals surface area contributed by atoms with Gasteiger partial charge in [-0.1, -0.05) is 6.92 Å². The molecule has 1 atom stereocenters. The molecule has 1 heterocycles. The molecule has 0 aliphatic carbocycles. The van der Waals surface area contributed by atoms with Gasteiger partial charge in [0.1, 0.15) is 0 Å². The number of halogens is 1. The van der Waals surface area contributed by atoms with Gasteiger partial charge < -0.3 is 10.1 Å². The minimum atomic E-state index is 0.321. The van der Waals surface area contributed by atoms with Gasteiger partial charge in [0.15, 0.2) is 0 Å². The highest BCUT2D eigenvalue weighted by atomic mass is 79.9. The first-order valence-corrected chi connectivity index (χ1v) is 6.29. The molecule has 0 amide bonds. The van der Waals surface area contributed by atoms with Crippen LogP contribution in [0.1, 0.15) is 18.3 Å². The standard InChI is InChI=1S/C11H20BrN3O/c1-5-9-11(12)10(15(3)14-9)6-8(13-2)7-16-4/h8,13H,5-7H2,1-4H3. The van der Waals surface area contributed by atoms with E-state index in [0.29, 0.717) is 12.6 Å². The molecule has 1 N–H and O–H groups in total. The van der Waals surface area contributed by atoms with Gasteiger partial charge in [-0.05, 0) is 29.4 Å². The van der Waals surface area contributed by atoms with Crippen molar-refractivity contribution in [3.63, 3.8) is 0 Å². The molecule has 0 aromatic carbocycles. The van der Waals surface area contributed by atoms with Gasteiger partial charge in [-0.2, -0.15) is 5.10 Å². The van der Waals surface area contributed by atoms with Crippen LogP contribution in [0.5, 0.6) is 0 Å². The molecule has 4 nitrogen and oxygen atoms in total. The number of aromatic nitrogens is 2. The molecule has 0 radical (unpaired) electrons. The average molecular weight is 290 g/mol. The number of ether oxygens (including phenoxy) is 1. The second-order valence-electron chi connectivity index (χ2n) is 3.83. The van der Waals surface area contributed by atoms with Crippen LogP contribution >= 0.6 is 15.9 Å². The van der Waals surface area contributed by atoms with E-state index in [1.165, 1.54) is 5.69 Å². The van der Waals surface area contributed by atoms with Crippen molar-refractivity contribution in [1.82, 2.24) is 15.1 Å². The fraction of sp³-hybridized carbons (Fsp3) is 0.727. The maximum atomic E-state index is 5.17. The Labute approximate surface area is 105 Å². The molecule has 5 heteroatoms. The van der Waals surface area contributed by atoms with Gasteiger partial charge in [0.05, 0.1) is 22.5 Å². The number of nitrogens with zero attached hydrogens (tertiary/aromatic N) is 2. The molecular weight excluding hydrogens is 270 g/mol. The van der Waals surface area contributed by atoms with Crippen molar-refractivity contribution in [3.05, 3.63) is 15.9 Å². The van der Waals surface area contributed by atoms with Crippen molar-refractivity contribution in [2.75, 3.05) is 20.8 Å². The zero-order chi connectivity index (χ0) is 12.1. The SMILES string of the molecule is CCc1nn(C)c(CC(COC)NC)c1Br. The monoisotopic (exact) mass is 289 g/mol. The molecule has 0 fully saturated rings. The highest BCUT2D eigenvalue weighted by Gasteiger charge is 2.16. The predicted octanol–water partition coefficient (Wildman–Crippen LogP) is 1.52. The van der Waals surface area contributed by atoms with Crippen LogP contribution in [0.15, 0.2) is 4.47 Å². The van der Waals surface area contributed by atoms with Gasteiger partial charge in [-0.25, -0.2) is 0 Å². The molecule has 16 heavy (non-hydrogen) atoms. The number of rotatable bonds is 6. The maximum Gasteiger partial charge on any atom is 0.0766 e. The number of hydrogen-bond donors (Lipinski definition) is 1.